The minimum atomic E-state index is 0.171. The van der Waals surface area contributed by atoms with Gasteiger partial charge in [0.1, 0.15) is 29.6 Å². The highest BCUT2D eigenvalue weighted by molar-refractivity contribution is 5.87. The second-order valence-electron chi connectivity index (χ2n) is 5.98. The number of hydrogen-bond donors (Lipinski definition) is 0. The van der Waals surface area contributed by atoms with E-state index in [4.69, 9.17) is 4.74 Å². The van der Waals surface area contributed by atoms with Crippen molar-refractivity contribution >= 4 is 16.9 Å². The molecule has 0 radical (unpaired) electrons. The minimum Gasteiger partial charge on any atom is -0.488 e. The Morgan fingerprint density at radius 1 is 1.26 bits per heavy atom. The van der Waals surface area contributed by atoms with Crippen LogP contribution in [-0.2, 0) is 7.05 Å². The first-order valence-electron chi connectivity index (χ1n) is 7.80. The van der Waals surface area contributed by atoms with Gasteiger partial charge in [-0.05, 0) is 19.1 Å². The lowest BCUT2D eigenvalue weighted by Crippen LogP contribution is -2.25. The zero-order chi connectivity index (χ0) is 15.8. The molecule has 1 atom stereocenters. The third kappa shape index (κ3) is 2.50. The van der Waals surface area contributed by atoms with E-state index in [0.29, 0.717) is 0 Å². The smallest absolute Gasteiger partial charge is 0.145 e. The number of nitrogens with zero attached hydrogens (tertiary/aromatic N) is 5. The molecule has 3 aromatic rings. The second-order valence-corrected chi connectivity index (χ2v) is 5.98. The summed E-state index contributed by atoms with van der Waals surface area (Å²) in [6.45, 7) is 3.80. The van der Waals surface area contributed by atoms with Crippen LogP contribution in [0.2, 0.25) is 0 Å². The molecule has 118 valence electrons. The molecule has 1 aliphatic rings. The maximum absolute atomic E-state index is 6.14. The van der Waals surface area contributed by atoms with Crippen molar-refractivity contribution in [3.05, 3.63) is 42.6 Å². The van der Waals surface area contributed by atoms with Crippen LogP contribution in [0, 0.1) is 6.92 Å². The van der Waals surface area contributed by atoms with Gasteiger partial charge in [0.15, 0.2) is 0 Å². The Morgan fingerprint density at radius 2 is 2.17 bits per heavy atom. The number of hydrogen-bond acceptors (Lipinski definition) is 5. The van der Waals surface area contributed by atoms with Gasteiger partial charge in [0.05, 0.1) is 11.9 Å². The highest BCUT2D eigenvalue weighted by Gasteiger charge is 2.27. The van der Waals surface area contributed by atoms with E-state index in [2.05, 4.69) is 25.9 Å². The number of aromatic nitrogens is 4. The van der Waals surface area contributed by atoms with Crippen molar-refractivity contribution in [2.24, 2.45) is 7.05 Å². The predicted molar refractivity (Wildman–Crippen MR) is 88.7 cm³/mol. The quantitative estimate of drug-likeness (QED) is 0.743. The summed E-state index contributed by atoms with van der Waals surface area (Å²) in [4.78, 5) is 15.2. The lowest BCUT2D eigenvalue weighted by molar-refractivity contribution is 0.223. The van der Waals surface area contributed by atoms with Crippen LogP contribution >= 0.6 is 0 Å². The lowest BCUT2D eigenvalue weighted by atomic mass is 10.2. The Hall–Kier alpha value is -2.63. The molecule has 0 aromatic carbocycles. The number of anilines is 1. The summed E-state index contributed by atoms with van der Waals surface area (Å²) < 4.78 is 8.16. The van der Waals surface area contributed by atoms with Gasteiger partial charge < -0.3 is 14.2 Å². The van der Waals surface area contributed by atoms with Crippen molar-refractivity contribution < 1.29 is 4.74 Å². The molecular weight excluding hydrogens is 290 g/mol. The summed E-state index contributed by atoms with van der Waals surface area (Å²) in [6, 6.07) is 4.00. The van der Waals surface area contributed by atoms with Crippen LogP contribution in [0.4, 0.5) is 5.82 Å². The van der Waals surface area contributed by atoms with Gasteiger partial charge in [0.2, 0.25) is 0 Å². The SMILES string of the molecule is Cc1cnccc1OC1CCN(c2ncnc3c2ccn3C)C1. The van der Waals surface area contributed by atoms with Crippen LogP contribution < -0.4 is 9.64 Å². The molecule has 0 N–H and O–H groups in total. The summed E-state index contributed by atoms with van der Waals surface area (Å²) in [5.41, 5.74) is 2.03. The number of pyridine rings is 1. The van der Waals surface area contributed by atoms with Gasteiger partial charge in [0, 0.05) is 44.2 Å². The highest BCUT2D eigenvalue weighted by Crippen LogP contribution is 2.28. The zero-order valence-corrected chi connectivity index (χ0v) is 13.3. The second kappa shape index (κ2) is 5.53. The molecule has 1 fully saturated rings. The zero-order valence-electron chi connectivity index (χ0n) is 13.3. The minimum absolute atomic E-state index is 0.171. The third-order valence-corrected chi connectivity index (χ3v) is 4.35. The fourth-order valence-electron chi connectivity index (χ4n) is 3.11. The summed E-state index contributed by atoms with van der Waals surface area (Å²) >= 11 is 0. The van der Waals surface area contributed by atoms with E-state index in [0.717, 1.165) is 47.7 Å². The molecular formula is C17H19N5O. The molecule has 1 saturated heterocycles. The average Bonchev–Trinajstić information content (AvgIpc) is 3.17. The fourth-order valence-corrected chi connectivity index (χ4v) is 3.11. The molecule has 4 rings (SSSR count). The Kier molecular flexibility index (Phi) is 3.37. The van der Waals surface area contributed by atoms with Crippen LogP contribution in [0.1, 0.15) is 12.0 Å². The molecule has 0 saturated carbocycles. The van der Waals surface area contributed by atoms with Gasteiger partial charge in [-0.25, -0.2) is 9.97 Å². The Labute approximate surface area is 134 Å². The van der Waals surface area contributed by atoms with E-state index >= 15 is 0 Å². The molecule has 3 aromatic heterocycles. The monoisotopic (exact) mass is 309 g/mol. The van der Waals surface area contributed by atoms with E-state index in [1.54, 1.807) is 12.5 Å². The summed E-state index contributed by atoms with van der Waals surface area (Å²) in [5.74, 6) is 1.91. The van der Waals surface area contributed by atoms with E-state index in [1.807, 2.05) is 37.0 Å². The molecule has 1 aliphatic heterocycles. The predicted octanol–water partition coefficient (Wildman–Crippen LogP) is 2.33. The van der Waals surface area contributed by atoms with Gasteiger partial charge in [-0.15, -0.1) is 0 Å². The van der Waals surface area contributed by atoms with E-state index in [-0.39, 0.29) is 6.10 Å². The van der Waals surface area contributed by atoms with Crippen LogP contribution in [-0.4, -0.2) is 38.7 Å². The molecule has 0 bridgehead atoms. The third-order valence-electron chi connectivity index (χ3n) is 4.35. The molecule has 0 amide bonds. The number of ether oxygens (including phenoxy) is 1. The topological polar surface area (TPSA) is 56.1 Å². The molecule has 4 heterocycles. The summed E-state index contributed by atoms with van der Waals surface area (Å²) in [7, 11) is 2.00. The first-order chi connectivity index (χ1) is 11.2. The van der Waals surface area contributed by atoms with Crippen LogP contribution in [0.5, 0.6) is 5.75 Å². The van der Waals surface area contributed by atoms with E-state index < -0.39 is 0 Å². The van der Waals surface area contributed by atoms with Crippen molar-refractivity contribution in [1.29, 1.82) is 0 Å². The standard InChI is InChI=1S/C17H19N5O/c1-12-9-18-6-3-15(12)23-13-4-8-22(10-13)17-14-5-7-21(2)16(14)19-11-20-17/h3,5-7,9,11,13H,4,8,10H2,1-2H3. The summed E-state index contributed by atoms with van der Waals surface area (Å²) in [6.07, 6.45) is 8.42. The Morgan fingerprint density at radius 3 is 3.04 bits per heavy atom. The number of aryl methyl sites for hydroxylation is 2. The lowest BCUT2D eigenvalue weighted by Gasteiger charge is -2.19. The van der Waals surface area contributed by atoms with Gasteiger partial charge in [-0.2, -0.15) is 0 Å². The molecule has 6 heteroatoms. The van der Waals surface area contributed by atoms with Crippen molar-refractivity contribution in [3.63, 3.8) is 0 Å². The molecule has 6 nitrogen and oxygen atoms in total. The summed E-state index contributed by atoms with van der Waals surface area (Å²) in [5, 5.41) is 1.09. The first kappa shape index (κ1) is 14.0. The van der Waals surface area contributed by atoms with Crippen molar-refractivity contribution in [2.75, 3.05) is 18.0 Å². The van der Waals surface area contributed by atoms with Gasteiger partial charge in [-0.1, -0.05) is 0 Å². The van der Waals surface area contributed by atoms with E-state index in [9.17, 15) is 0 Å². The van der Waals surface area contributed by atoms with Crippen LogP contribution in [0.15, 0.2) is 37.1 Å². The van der Waals surface area contributed by atoms with Gasteiger partial charge >= 0.3 is 0 Å². The van der Waals surface area contributed by atoms with Gasteiger partial charge in [0.25, 0.3) is 0 Å². The average molecular weight is 309 g/mol. The first-order valence-corrected chi connectivity index (χ1v) is 7.80. The van der Waals surface area contributed by atoms with Crippen molar-refractivity contribution in [3.8, 4) is 5.75 Å². The number of fused-ring (bicyclic) bond motifs is 1. The molecule has 0 spiro atoms. The van der Waals surface area contributed by atoms with Crippen LogP contribution in [0.25, 0.3) is 11.0 Å². The van der Waals surface area contributed by atoms with Crippen molar-refractivity contribution in [1.82, 2.24) is 19.5 Å². The van der Waals surface area contributed by atoms with Crippen molar-refractivity contribution in [2.45, 2.75) is 19.4 Å². The maximum atomic E-state index is 6.14. The Balaban J connectivity index is 1.55. The van der Waals surface area contributed by atoms with E-state index in [1.165, 1.54) is 0 Å². The molecule has 1 unspecified atom stereocenters. The number of rotatable bonds is 3. The normalized spacial score (nSPS) is 17.8. The largest absolute Gasteiger partial charge is 0.488 e. The molecule has 23 heavy (non-hydrogen) atoms. The maximum Gasteiger partial charge on any atom is 0.145 e. The Bertz CT molecular complexity index is 844. The van der Waals surface area contributed by atoms with Gasteiger partial charge in [-0.3, -0.25) is 4.98 Å². The molecule has 0 aliphatic carbocycles. The fraction of sp³-hybridized carbons (Fsp3) is 0.353. The van der Waals surface area contributed by atoms with Crippen LogP contribution in [0.3, 0.4) is 0 Å². The highest BCUT2D eigenvalue weighted by atomic mass is 16.5.